The van der Waals surface area contributed by atoms with Crippen LogP contribution in [-0.2, 0) is 11.2 Å². The molecule has 0 unspecified atom stereocenters. The molecule has 0 aliphatic carbocycles. The van der Waals surface area contributed by atoms with Crippen LogP contribution in [0.1, 0.15) is 47.8 Å². The number of hydrogen-bond donors (Lipinski definition) is 1. The van der Waals surface area contributed by atoms with Gasteiger partial charge in [0.25, 0.3) is 5.91 Å². The number of rotatable bonds is 10. The molecule has 3 rings (SSSR count). The van der Waals surface area contributed by atoms with Crippen molar-refractivity contribution in [2.24, 2.45) is 0 Å². The highest BCUT2D eigenvalue weighted by Crippen LogP contribution is 2.24. The monoisotopic (exact) mass is 479 g/mol. The summed E-state index contributed by atoms with van der Waals surface area (Å²) < 4.78 is 5.70. The number of hydrogen-bond acceptors (Lipinski definition) is 5. The van der Waals surface area contributed by atoms with Crippen LogP contribution in [0.25, 0.3) is 6.08 Å². The molecule has 1 N–H and O–H groups in total. The first-order valence-electron chi connectivity index (χ1n) is 10.8. The summed E-state index contributed by atoms with van der Waals surface area (Å²) >= 11 is 7.57. The van der Waals surface area contributed by atoms with E-state index in [9.17, 15) is 10.1 Å². The lowest BCUT2D eigenvalue weighted by Crippen LogP contribution is -2.13. The number of nitrogens with zero attached hydrogens (tertiary/aromatic N) is 2. The second-order valence-electron chi connectivity index (χ2n) is 7.64. The molecule has 0 atom stereocenters. The summed E-state index contributed by atoms with van der Waals surface area (Å²) in [6.45, 7) is 4.80. The summed E-state index contributed by atoms with van der Waals surface area (Å²) in [5, 5.41) is 13.4. The van der Waals surface area contributed by atoms with Crippen LogP contribution in [0.5, 0.6) is 5.75 Å². The van der Waals surface area contributed by atoms with Crippen molar-refractivity contribution in [3.05, 3.63) is 80.8 Å². The number of carbonyl (C=O) groups is 1. The number of ether oxygens (including phenoxy) is 1. The molecule has 0 aliphatic heterocycles. The molecule has 0 aliphatic rings. The largest absolute Gasteiger partial charge is 0.494 e. The SMILES string of the molecule is CCCCCOc1ccc(/C=C(/C#N)C(=O)Nc2ncc(Cc3ccc(C)c(Cl)c3)s2)cc1. The zero-order chi connectivity index (χ0) is 23.6. The minimum atomic E-state index is -0.489. The molecule has 7 heteroatoms. The Kier molecular flexibility index (Phi) is 9.05. The summed E-state index contributed by atoms with van der Waals surface area (Å²) in [4.78, 5) is 17.8. The highest BCUT2D eigenvalue weighted by molar-refractivity contribution is 7.15. The quantitative estimate of drug-likeness (QED) is 0.197. The van der Waals surface area contributed by atoms with E-state index in [1.807, 2.05) is 55.5 Å². The summed E-state index contributed by atoms with van der Waals surface area (Å²) in [6, 6.07) is 15.3. The number of nitriles is 1. The van der Waals surface area contributed by atoms with E-state index in [0.717, 1.165) is 51.6 Å². The number of amides is 1. The Morgan fingerprint density at radius 2 is 2.03 bits per heavy atom. The summed E-state index contributed by atoms with van der Waals surface area (Å²) in [7, 11) is 0. The molecule has 3 aromatic rings. The molecule has 1 aromatic heterocycles. The van der Waals surface area contributed by atoms with E-state index in [4.69, 9.17) is 16.3 Å². The standard InChI is InChI=1S/C26H26ClN3O2S/c1-3-4-5-12-32-22-10-8-19(9-11-22)13-21(16-28)25(31)30-26-29-17-23(33-26)14-20-7-6-18(2)24(27)15-20/h6-11,13,15,17H,3-5,12,14H2,1-2H3,(H,29,30,31)/b21-13-. The van der Waals surface area contributed by atoms with Gasteiger partial charge in [-0.1, -0.05) is 55.6 Å². The van der Waals surface area contributed by atoms with Crippen molar-refractivity contribution in [2.75, 3.05) is 11.9 Å². The van der Waals surface area contributed by atoms with E-state index >= 15 is 0 Å². The number of anilines is 1. The Morgan fingerprint density at radius 1 is 1.24 bits per heavy atom. The maximum Gasteiger partial charge on any atom is 0.268 e. The van der Waals surface area contributed by atoms with Crippen LogP contribution in [0.4, 0.5) is 5.13 Å². The topological polar surface area (TPSA) is 75.0 Å². The fourth-order valence-electron chi connectivity index (χ4n) is 3.08. The smallest absolute Gasteiger partial charge is 0.268 e. The van der Waals surface area contributed by atoms with Crippen molar-refractivity contribution in [3.63, 3.8) is 0 Å². The number of thiazole rings is 1. The molecular formula is C26H26ClN3O2S. The van der Waals surface area contributed by atoms with Crippen LogP contribution >= 0.6 is 22.9 Å². The van der Waals surface area contributed by atoms with Crippen molar-refractivity contribution in [3.8, 4) is 11.8 Å². The van der Waals surface area contributed by atoms with Crippen molar-refractivity contribution >= 4 is 40.1 Å². The lowest BCUT2D eigenvalue weighted by Gasteiger charge is -2.06. The number of halogens is 1. The maximum atomic E-state index is 12.6. The fraction of sp³-hybridized carbons (Fsp3) is 0.269. The minimum Gasteiger partial charge on any atom is -0.494 e. The van der Waals surface area contributed by atoms with Gasteiger partial charge in [-0.15, -0.1) is 11.3 Å². The van der Waals surface area contributed by atoms with Gasteiger partial charge in [-0.25, -0.2) is 4.98 Å². The second kappa shape index (κ2) is 12.2. The van der Waals surface area contributed by atoms with E-state index in [-0.39, 0.29) is 5.57 Å². The van der Waals surface area contributed by atoms with E-state index in [2.05, 4.69) is 17.2 Å². The van der Waals surface area contributed by atoms with Gasteiger partial charge in [0.15, 0.2) is 5.13 Å². The Balaban J connectivity index is 1.60. The Labute approximate surface area is 203 Å². The number of nitrogens with one attached hydrogen (secondary N) is 1. The first-order valence-corrected chi connectivity index (χ1v) is 12.0. The van der Waals surface area contributed by atoms with Crippen LogP contribution in [0.3, 0.4) is 0 Å². The van der Waals surface area contributed by atoms with Gasteiger partial charge in [0, 0.05) is 22.5 Å². The van der Waals surface area contributed by atoms with E-state index in [1.54, 1.807) is 12.3 Å². The third-order valence-electron chi connectivity index (χ3n) is 4.96. The van der Waals surface area contributed by atoms with Crippen molar-refractivity contribution in [1.82, 2.24) is 4.98 Å². The van der Waals surface area contributed by atoms with Gasteiger partial charge in [0.05, 0.1) is 6.61 Å². The van der Waals surface area contributed by atoms with E-state index in [1.165, 1.54) is 11.3 Å². The van der Waals surface area contributed by atoms with Gasteiger partial charge in [0.1, 0.15) is 17.4 Å². The number of aryl methyl sites for hydroxylation is 1. The van der Waals surface area contributed by atoms with Crippen LogP contribution in [0.2, 0.25) is 5.02 Å². The molecule has 1 heterocycles. The highest BCUT2D eigenvalue weighted by atomic mass is 35.5. The maximum absolute atomic E-state index is 12.6. The third-order valence-corrected chi connectivity index (χ3v) is 6.28. The normalized spacial score (nSPS) is 11.2. The minimum absolute atomic E-state index is 0.00804. The van der Waals surface area contributed by atoms with Gasteiger partial charge in [0.2, 0.25) is 0 Å². The van der Waals surface area contributed by atoms with Gasteiger partial charge in [-0.05, 0) is 54.3 Å². The van der Waals surface area contributed by atoms with Crippen LogP contribution in [0.15, 0.2) is 54.2 Å². The molecule has 1 amide bonds. The molecule has 33 heavy (non-hydrogen) atoms. The third kappa shape index (κ3) is 7.45. The molecular weight excluding hydrogens is 454 g/mol. The molecule has 2 aromatic carbocycles. The zero-order valence-electron chi connectivity index (χ0n) is 18.7. The first-order chi connectivity index (χ1) is 16.0. The van der Waals surface area contributed by atoms with Crippen LogP contribution in [-0.4, -0.2) is 17.5 Å². The van der Waals surface area contributed by atoms with E-state index in [0.29, 0.717) is 18.2 Å². The van der Waals surface area contributed by atoms with Crippen molar-refractivity contribution < 1.29 is 9.53 Å². The summed E-state index contributed by atoms with van der Waals surface area (Å²) in [5.41, 5.74) is 2.86. The van der Waals surface area contributed by atoms with E-state index < -0.39 is 5.91 Å². The number of aromatic nitrogens is 1. The molecule has 0 saturated heterocycles. The van der Waals surface area contributed by atoms with Crippen LogP contribution in [0, 0.1) is 18.3 Å². The van der Waals surface area contributed by atoms with Crippen molar-refractivity contribution in [2.45, 2.75) is 39.5 Å². The average Bonchev–Trinajstić information content (AvgIpc) is 3.25. The molecule has 170 valence electrons. The Morgan fingerprint density at radius 3 is 2.73 bits per heavy atom. The van der Waals surface area contributed by atoms with Gasteiger partial charge < -0.3 is 4.74 Å². The lowest BCUT2D eigenvalue weighted by atomic mass is 10.1. The molecule has 0 saturated carbocycles. The molecule has 0 bridgehead atoms. The van der Waals surface area contributed by atoms with Gasteiger partial charge in [-0.2, -0.15) is 5.26 Å². The second-order valence-corrected chi connectivity index (χ2v) is 9.16. The molecule has 0 radical (unpaired) electrons. The Hall–Kier alpha value is -3.14. The predicted octanol–water partition coefficient (Wildman–Crippen LogP) is 6.81. The zero-order valence-corrected chi connectivity index (χ0v) is 20.3. The lowest BCUT2D eigenvalue weighted by molar-refractivity contribution is -0.112. The first kappa shape index (κ1) is 24.5. The number of unbranched alkanes of at least 4 members (excludes halogenated alkanes) is 2. The highest BCUT2D eigenvalue weighted by Gasteiger charge is 2.12. The van der Waals surface area contributed by atoms with Gasteiger partial charge >= 0.3 is 0 Å². The predicted molar refractivity (Wildman–Crippen MR) is 135 cm³/mol. The summed E-state index contributed by atoms with van der Waals surface area (Å²) in [5.74, 6) is 0.285. The summed E-state index contributed by atoms with van der Waals surface area (Å²) in [6.07, 6.45) is 7.26. The average molecular weight is 480 g/mol. The van der Waals surface area contributed by atoms with Crippen molar-refractivity contribution in [1.29, 1.82) is 5.26 Å². The fourth-order valence-corrected chi connectivity index (χ4v) is 4.12. The Bertz CT molecular complexity index is 1160. The molecule has 0 spiro atoms. The van der Waals surface area contributed by atoms with Crippen LogP contribution < -0.4 is 10.1 Å². The van der Waals surface area contributed by atoms with Gasteiger partial charge in [-0.3, -0.25) is 10.1 Å². The molecule has 5 nitrogen and oxygen atoms in total. The molecule has 0 fully saturated rings. The number of carbonyl (C=O) groups excluding carboxylic acids is 1. The number of benzene rings is 2.